The predicted molar refractivity (Wildman–Crippen MR) is 124 cm³/mol. The lowest BCUT2D eigenvalue weighted by molar-refractivity contribution is -0.0279. The van der Waals surface area contributed by atoms with E-state index in [0.717, 1.165) is 58.7 Å². The highest BCUT2D eigenvalue weighted by Crippen LogP contribution is 2.24. The van der Waals surface area contributed by atoms with Crippen molar-refractivity contribution in [3.63, 3.8) is 0 Å². The molecule has 0 amide bonds. The number of rotatable bonds is 9. The second kappa shape index (κ2) is 10.9. The van der Waals surface area contributed by atoms with Crippen molar-refractivity contribution in [3.8, 4) is 0 Å². The second-order valence-electron chi connectivity index (χ2n) is 9.27. The molecule has 6 heteroatoms. The zero-order valence-electron chi connectivity index (χ0n) is 19.1. The van der Waals surface area contributed by atoms with Gasteiger partial charge in [0.25, 0.3) is 0 Å². The molecule has 1 aromatic carbocycles. The van der Waals surface area contributed by atoms with E-state index in [1.54, 1.807) is 0 Å². The van der Waals surface area contributed by atoms with Crippen LogP contribution in [-0.2, 0) is 11.3 Å². The summed E-state index contributed by atoms with van der Waals surface area (Å²) in [7, 11) is 2.21. The molecule has 2 saturated heterocycles. The van der Waals surface area contributed by atoms with Gasteiger partial charge < -0.3 is 24.8 Å². The zero-order valence-corrected chi connectivity index (χ0v) is 19.1. The Kier molecular flexibility index (Phi) is 8.01. The monoisotopic (exact) mass is 415 g/mol. The van der Waals surface area contributed by atoms with Crippen molar-refractivity contribution in [1.82, 2.24) is 20.0 Å². The van der Waals surface area contributed by atoms with Gasteiger partial charge in [-0.2, -0.15) is 0 Å². The number of anilines is 1. The summed E-state index contributed by atoms with van der Waals surface area (Å²) in [4.78, 5) is 9.97. The Hall–Kier alpha value is -1.18. The first-order chi connectivity index (χ1) is 14.7. The number of piperazine rings is 2. The van der Waals surface area contributed by atoms with Crippen molar-refractivity contribution in [2.45, 2.75) is 38.5 Å². The average Bonchev–Trinajstić information content (AvgIpc) is 2.76. The smallest absolute Gasteiger partial charge is 0.0605 e. The normalized spacial score (nSPS) is 26.7. The van der Waals surface area contributed by atoms with Gasteiger partial charge in [-0.15, -0.1) is 0 Å². The molecule has 1 aromatic rings. The third kappa shape index (κ3) is 6.17. The quantitative estimate of drug-likeness (QED) is 0.662. The summed E-state index contributed by atoms with van der Waals surface area (Å²) in [5.74, 6) is 0. The maximum absolute atomic E-state index is 6.10. The highest BCUT2D eigenvalue weighted by atomic mass is 16.5. The Morgan fingerprint density at radius 1 is 0.900 bits per heavy atom. The van der Waals surface area contributed by atoms with Gasteiger partial charge in [0.05, 0.1) is 12.7 Å². The van der Waals surface area contributed by atoms with Gasteiger partial charge in [-0.1, -0.05) is 19.1 Å². The van der Waals surface area contributed by atoms with E-state index >= 15 is 0 Å². The van der Waals surface area contributed by atoms with Crippen LogP contribution in [0.15, 0.2) is 24.3 Å². The molecule has 3 fully saturated rings. The Bertz CT molecular complexity index is 617. The van der Waals surface area contributed by atoms with E-state index in [1.165, 1.54) is 44.0 Å². The standard InChI is InChI=1S/C24H41N5O/c1-3-27-10-12-28(13-11-27)16-17-30-24-18-22(19-24)25-20-21-4-6-23(7-5-21)29-14-8-26(2)9-15-29/h4-7,22,24-25H,3,8-20H2,1-2H3. The SMILES string of the molecule is CCN1CCN(CCOC2CC(NCc3ccc(N4CCN(C)CC4)cc3)C2)CC1. The summed E-state index contributed by atoms with van der Waals surface area (Å²) in [6, 6.07) is 9.75. The molecule has 168 valence electrons. The zero-order chi connectivity index (χ0) is 20.8. The lowest BCUT2D eigenvalue weighted by Crippen LogP contribution is -2.48. The van der Waals surface area contributed by atoms with Gasteiger partial charge in [0.2, 0.25) is 0 Å². The van der Waals surface area contributed by atoms with Crippen molar-refractivity contribution >= 4 is 5.69 Å². The predicted octanol–water partition coefficient (Wildman–Crippen LogP) is 1.71. The van der Waals surface area contributed by atoms with Crippen molar-refractivity contribution in [3.05, 3.63) is 29.8 Å². The first-order valence-corrected chi connectivity index (χ1v) is 12.0. The van der Waals surface area contributed by atoms with E-state index in [1.807, 2.05) is 0 Å². The molecule has 0 unspecified atom stereocenters. The van der Waals surface area contributed by atoms with Crippen LogP contribution >= 0.6 is 0 Å². The van der Waals surface area contributed by atoms with Gasteiger partial charge in [-0.05, 0) is 44.1 Å². The van der Waals surface area contributed by atoms with Crippen LogP contribution < -0.4 is 10.2 Å². The molecular weight excluding hydrogens is 374 g/mol. The summed E-state index contributed by atoms with van der Waals surface area (Å²) in [6.07, 6.45) is 2.77. The highest BCUT2D eigenvalue weighted by Gasteiger charge is 2.29. The largest absolute Gasteiger partial charge is 0.377 e. The van der Waals surface area contributed by atoms with Crippen molar-refractivity contribution in [2.24, 2.45) is 0 Å². The van der Waals surface area contributed by atoms with E-state index in [0.29, 0.717) is 12.1 Å². The number of hydrogen-bond acceptors (Lipinski definition) is 6. The molecule has 0 atom stereocenters. The van der Waals surface area contributed by atoms with Crippen molar-refractivity contribution < 1.29 is 4.74 Å². The van der Waals surface area contributed by atoms with Crippen LogP contribution in [0, 0.1) is 0 Å². The van der Waals surface area contributed by atoms with E-state index in [-0.39, 0.29) is 0 Å². The molecule has 0 spiro atoms. The molecule has 30 heavy (non-hydrogen) atoms. The Morgan fingerprint density at radius 3 is 2.23 bits per heavy atom. The third-order valence-electron chi connectivity index (χ3n) is 7.17. The highest BCUT2D eigenvalue weighted by molar-refractivity contribution is 5.48. The molecule has 1 aliphatic carbocycles. The minimum Gasteiger partial charge on any atom is -0.377 e. The van der Waals surface area contributed by atoms with Crippen LogP contribution in [0.3, 0.4) is 0 Å². The van der Waals surface area contributed by atoms with Gasteiger partial charge >= 0.3 is 0 Å². The summed E-state index contributed by atoms with van der Waals surface area (Å²) >= 11 is 0. The number of nitrogens with one attached hydrogen (secondary N) is 1. The number of hydrogen-bond donors (Lipinski definition) is 1. The Balaban J connectivity index is 1.06. The maximum Gasteiger partial charge on any atom is 0.0605 e. The van der Waals surface area contributed by atoms with E-state index in [9.17, 15) is 0 Å². The molecule has 1 saturated carbocycles. The van der Waals surface area contributed by atoms with E-state index in [2.05, 4.69) is 63.2 Å². The molecule has 0 radical (unpaired) electrons. The van der Waals surface area contributed by atoms with Crippen LogP contribution in [0.5, 0.6) is 0 Å². The molecule has 4 rings (SSSR count). The molecule has 0 bridgehead atoms. The van der Waals surface area contributed by atoms with Crippen LogP contribution in [0.1, 0.15) is 25.3 Å². The van der Waals surface area contributed by atoms with Crippen molar-refractivity contribution in [1.29, 1.82) is 0 Å². The fraction of sp³-hybridized carbons (Fsp3) is 0.750. The maximum atomic E-state index is 6.10. The number of benzene rings is 1. The minimum absolute atomic E-state index is 0.457. The molecule has 2 aliphatic heterocycles. The summed E-state index contributed by atoms with van der Waals surface area (Å²) in [6.45, 7) is 15.8. The second-order valence-corrected chi connectivity index (χ2v) is 9.27. The first kappa shape index (κ1) is 22.0. The van der Waals surface area contributed by atoms with Crippen molar-refractivity contribution in [2.75, 3.05) is 84.0 Å². The molecule has 6 nitrogen and oxygen atoms in total. The Labute approximate surface area is 183 Å². The molecule has 1 N–H and O–H groups in total. The van der Waals surface area contributed by atoms with Crippen LogP contribution in [0.25, 0.3) is 0 Å². The number of nitrogens with zero attached hydrogens (tertiary/aromatic N) is 4. The van der Waals surface area contributed by atoms with Gasteiger partial charge in [0, 0.05) is 77.2 Å². The lowest BCUT2D eigenvalue weighted by Gasteiger charge is -2.37. The minimum atomic E-state index is 0.457. The summed E-state index contributed by atoms with van der Waals surface area (Å²) < 4.78 is 6.10. The molecule has 0 aromatic heterocycles. The van der Waals surface area contributed by atoms with Gasteiger partial charge in [0.15, 0.2) is 0 Å². The summed E-state index contributed by atoms with van der Waals surface area (Å²) in [5, 5.41) is 3.71. The molecule has 3 aliphatic rings. The average molecular weight is 416 g/mol. The van der Waals surface area contributed by atoms with E-state index < -0.39 is 0 Å². The lowest BCUT2D eigenvalue weighted by atomic mass is 9.89. The molecular formula is C24H41N5O. The fourth-order valence-corrected chi connectivity index (χ4v) is 4.70. The van der Waals surface area contributed by atoms with E-state index in [4.69, 9.17) is 4.74 Å². The number of likely N-dealkylation sites (N-methyl/N-ethyl adjacent to an activating group) is 2. The van der Waals surface area contributed by atoms with Gasteiger partial charge in [0.1, 0.15) is 0 Å². The first-order valence-electron chi connectivity index (χ1n) is 12.0. The molecule has 2 heterocycles. The van der Waals surface area contributed by atoms with Gasteiger partial charge in [-0.3, -0.25) is 4.90 Å². The third-order valence-corrected chi connectivity index (χ3v) is 7.17. The summed E-state index contributed by atoms with van der Waals surface area (Å²) in [5.41, 5.74) is 2.74. The Morgan fingerprint density at radius 2 is 1.57 bits per heavy atom. The van der Waals surface area contributed by atoms with Crippen LogP contribution in [0.4, 0.5) is 5.69 Å². The van der Waals surface area contributed by atoms with Crippen LogP contribution in [-0.4, -0.2) is 106 Å². The van der Waals surface area contributed by atoms with Gasteiger partial charge in [-0.25, -0.2) is 0 Å². The van der Waals surface area contributed by atoms with Crippen LogP contribution in [0.2, 0.25) is 0 Å². The fourth-order valence-electron chi connectivity index (χ4n) is 4.70. The number of ether oxygens (including phenoxy) is 1. The topological polar surface area (TPSA) is 34.2 Å².